The van der Waals surface area contributed by atoms with Gasteiger partial charge in [-0.2, -0.15) is 0 Å². The Bertz CT molecular complexity index is 663. The zero-order valence-corrected chi connectivity index (χ0v) is 30.5. The third kappa shape index (κ3) is 10.9. The molecule has 4 unspecified atom stereocenters. The van der Waals surface area contributed by atoms with Crippen LogP contribution in [0.25, 0.3) is 0 Å². The number of unbranched alkanes of at least 4 members (excludes halogenated alkanes) is 12. The van der Waals surface area contributed by atoms with Gasteiger partial charge in [0, 0.05) is 15.0 Å². The van der Waals surface area contributed by atoms with Gasteiger partial charge in [-0.25, -0.2) is 0 Å². The van der Waals surface area contributed by atoms with E-state index in [-0.39, 0.29) is 14.5 Å². The van der Waals surface area contributed by atoms with Gasteiger partial charge in [0.05, 0.1) is 3.42 Å². The Balaban J connectivity index is 3.13. The van der Waals surface area contributed by atoms with Crippen molar-refractivity contribution in [2.24, 2.45) is 0 Å². The molecule has 4 heteroatoms. The SMILES string of the molecule is CCCCCCCCC(CCCC)(NC)C1=CC(I)C(I)(C(CCCC)(CCCCCCCC)NC)C=C1. The predicted molar refractivity (Wildman–Crippen MR) is 190 cm³/mol. The molecule has 0 aliphatic heterocycles. The highest BCUT2D eigenvalue weighted by Gasteiger charge is 2.51. The van der Waals surface area contributed by atoms with E-state index in [2.05, 4.69) is 116 Å². The normalized spacial score (nSPS) is 22.7. The lowest BCUT2D eigenvalue weighted by atomic mass is 9.70. The lowest BCUT2D eigenvalue weighted by Gasteiger charge is -2.51. The van der Waals surface area contributed by atoms with E-state index >= 15 is 0 Å². The number of halogens is 2. The van der Waals surface area contributed by atoms with E-state index in [1.54, 1.807) is 5.57 Å². The summed E-state index contributed by atoms with van der Waals surface area (Å²) in [6.07, 6.45) is 34.4. The van der Waals surface area contributed by atoms with Gasteiger partial charge in [0.1, 0.15) is 0 Å². The minimum Gasteiger partial charge on any atom is -0.313 e. The van der Waals surface area contributed by atoms with Gasteiger partial charge in [-0.1, -0.05) is 194 Å². The van der Waals surface area contributed by atoms with Crippen molar-refractivity contribution in [1.29, 1.82) is 0 Å². The topological polar surface area (TPSA) is 24.1 Å². The number of rotatable bonds is 24. The quantitative estimate of drug-likeness (QED) is 0.0583. The summed E-state index contributed by atoms with van der Waals surface area (Å²) < 4.78 is 0.566. The maximum atomic E-state index is 3.95. The number of nitrogens with one attached hydrogen (secondary N) is 2. The fourth-order valence-electron chi connectivity index (χ4n) is 6.51. The van der Waals surface area contributed by atoms with E-state index in [1.807, 2.05) is 0 Å². The monoisotopic (exact) mass is 754 g/mol. The highest BCUT2D eigenvalue weighted by molar-refractivity contribution is 14.1. The van der Waals surface area contributed by atoms with Gasteiger partial charge in [-0.3, -0.25) is 0 Å². The maximum absolute atomic E-state index is 3.95. The number of alkyl halides is 2. The van der Waals surface area contributed by atoms with Crippen molar-refractivity contribution < 1.29 is 0 Å². The highest BCUT2D eigenvalue weighted by atomic mass is 127. The molecule has 0 fully saturated rings. The Morgan fingerprint density at radius 2 is 1.11 bits per heavy atom. The highest BCUT2D eigenvalue weighted by Crippen LogP contribution is 2.50. The summed E-state index contributed by atoms with van der Waals surface area (Å²) in [5, 5.41) is 7.82. The Labute approximate surface area is 266 Å². The zero-order chi connectivity index (χ0) is 28.3. The Kier molecular flexibility index (Phi) is 20.1. The van der Waals surface area contributed by atoms with E-state index in [0.29, 0.717) is 3.92 Å². The largest absolute Gasteiger partial charge is 0.313 e. The summed E-state index contributed by atoms with van der Waals surface area (Å²) >= 11 is 5.63. The number of allylic oxidation sites excluding steroid dienone is 1. The molecular formula is C34H64I2N2. The van der Waals surface area contributed by atoms with Crippen LogP contribution < -0.4 is 10.6 Å². The van der Waals surface area contributed by atoms with Gasteiger partial charge in [-0.15, -0.1) is 0 Å². The van der Waals surface area contributed by atoms with E-state index in [4.69, 9.17) is 0 Å². The van der Waals surface area contributed by atoms with Crippen LogP contribution in [-0.2, 0) is 0 Å². The first-order valence-corrected chi connectivity index (χ1v) is 18.8. The molecule has 0 spiro atoms. The predicted octanol–water partition coefficient (Wildman–Crippen LogP) is 11.3. The van der Waals surface area contributed by atoms with E-state index < -0.39 is 0 Å². The fraction of sp³-hybridized carbons (Fsp3) is 0.882. The van der Waals surface area contributed by atoms with Gasteiger partial charge in [0.25, 0.3) is 0 Å². The average Bonchev–Trinajstić information content (AvgIpc) is 2.93. The lowest BCUT2D eigenvalue weighted by molar-refractivity contribution is 0.247. The summed E-state index contributed by atoms with van der Waals surface area (Å²) in [4.78, 5) is 0. The van der Waals surface area contributed by atoms with Crippen LogP contribution in [0.5, 0.6) is 0 Å². The van der Waals surface area contributed by atoms with Crippen LogP contribution in [0.4, 0.5) is 0 Å². The average molecular weight is 755 g/mol. The minimum absolute atomic E-state index is 0.0898. The summed E-state index contributed by atoms with van der Waals surface area (Å²) in [6, 6.07) is 0. The Morgan fingerprint density at radius 3 is 1.61 bits per heavy atom. The van der Waals surface area contributed by atoms with Gasteiger partial charge >= 0.3 is 0 Å². The molecule has 1 rings (SSSR count). The molecule has 0 aromatic rings. The van der Waals surface area contributed by atoms with Crippen LogP contribution in [0.1, 0.15) is 156 Å². The van der Waals surface area contributed by atoms with Crippen LogP contribution in [-0.4, -0.2) is 32.5 Å². The number of hydrogen-bond donors (Lipinski definition) is 2. The van der Waals surface area contributed by atoms with Crippen molar-refractivity contribution in [3.8, 4) is 0 Å². The summed E-state index contributed by atoms with van der Waals surface area (Å²) in [7, 11) is 4.45. The molecule has 0 amide bonds. The summed E-state index contributed by atoms with van der Waals surface area (Å²) in [5.41, 5.74) is 1.81. The molecule has 1 aliphatic carbocycles. The molecule has 0 saturated heterocycles. The van der Waals surface area contributed by atoms with Gasteiger partial charge in [0.15, 0.2) is 0 Å². The van der Waals surface area contributed by atoms with Gasteiger partial charge in [-0.05, 0) is 45.4 Å². The Morgan fingerprint density at radius 1 is 0.658 bits per heavy atom. The third-order valence-electron chi connectivity index (χ3n) is 9.30. The smallest absolute Gasteiger partial charge is 0.0737 e. The molecule has 0 bridgehead atoms. The van der Waals surface area contributed by atoms with E-state index in [0.717, 1.165) is 0 Å². The molecule has 224 valence electrons. The second kappa shape index (κ2) is 20.7. The summed E-state index contributed by atoms with van der Waals surface area (Å²) in [6.45, 7) is 9.31. The molecule has 0 aromatic carbocycles. The second-order valence-corrected chi connectivity index (χ2v) is 15.2. The molecule has 0 radical (unpaired) electrons. The molecule has 0 heterocycles. The molecule has 1 aliphatic rings. The van der Waals surface area contributed by atoms with Gasteiger partial charge in [0.2, 0.25) is 0 Å². The van der Waals surface area contributed by atoms with Crippen molar-refractivity contribution in [2.45, 2.75) is 175 Å². The molecule has 2 nitrogen and oxygen atoms in total. The molecule has 0 saturated carbocycles. The van der Waals surface area contributed by atoms with Crippen LogP contribution in [0.2, 0.25) is 0 Å². The fourth-order valence-corrected chi connectivity index (χ4v) is 8.87. The standard InChI is InChI=1S/C34H64I2N2/c1-7-11-15-17-19-21-25-32(37-5,24-13-9-3)30-23-28-34(36,31(35)29-30)33(38-6,26-14-10-4)27-22-20-18-16-12-8-2/h23,28-29,31,37-38H,7-22,24-27H2,1-6H3. The van der Waals surface area contributed by atoms with Gasteiger partial charge < -0.3 is 10.6 Å². The van der Waals surface area contributed by atoms with Crippen molar-refractivity contribution in [2.75, 3.05) is 14.1 Å². The lowest BCUT2D eigenvalue weighted by Crippen LogP contribution is -2.62. The molecular weight excluding hydrogens is 690 g/mol. The van der Waals surface area contributed by atoms with Crippen LogP contribution in [0, 0.1) is 0 Å². The maximum Gasteiger partial charge on any atom is 0.0737 e. The zero-order valence-electron chi connectivity index (χ0n) is 26.2. The van der Waals surface area contributed by atoms with E-state index in [9.17, 15) is 0 Å². The second-order valence-electron chi connectivity index (χ2n) is 12.0. The number of hydrogen-bond acceptors (Lipinski definition) is 2. The van der Waals surface area contributed by atoms with Crippen molar-refractivity contribution in [3.05, 3.63) is 23.8 Å². The first-order chi connectivity index (χ1) is 18.3. The molecule has 0 aromatic heterocycles. The number of likely N-dealkylation sites (N-methyl/N-ethyl adjacent to an activating group) is 1. The van der Waals surface area contributed by atoms with Crippen molar-refractivity contribution >= 4 is 45.2 Å². The molecule has 38 heavy (non-hydrogen) atoms. The third-order valence-corrected chi connectivity index (χ3v) is 13.9. The van der Waals surface area contributed by atoms with Crippen LogP contribution in [0.15, 0.2) is 23.8 Å². The molecule has 2 N–H and O–H groups in total. The first kappa shape index (κ1) is 36.9. The Hall–Kier alpha value is 0.860. The van der Waals surface area contributed by atoms with Crippen LogP contribution >= 0.6 is 45.2 Å². The minimum atomic E-state index is 0.0898. The first-order valence-electron chi connectivity index (χ1n) is 16.5. The van der Waals surface area contributed by atoms with Crippen molar-refractivity contribution in [1.82, 2.24) is 10.6 Å². The molecule has 4 atom stereocenters. The van der Waals surface area contributed by atoms with Crippen molar-refractivity contribution in [3.63, 3.8) is 0 Å². The van der Waals surface area contributed by atoms with Crippen LogP contribution in [0.3, 0.4) is 0 Å². The van der Waals surface area contributed by atoms with E-state index in [1.165, 1.54) is 128 Å². The summed E-state index contributed by atoms with van der Waals surface area (Å²) in [5.74, 6) is 0.